The number of rotatable bonds is 5. The van der Waals surface area contributed by atoms with E-state index >= 15 is 0 Å². The van der Waals surface area contributed by atoms with Crippen LogP contribution in [0.1, 0.15) is 44.4 Å². The van der Waals surface area contributed by atoms with Gasteiger partial charge in [-0.05, 0) is 26.5 Å². The average Bonchev–Trinajstić information content (AvgIpc) is 2.79. The minimum Gasteiger partial charge on any atom is -0.303 e. The fourth-order valence-electron chi connectivity index (χ4n) is 2.01. The van der Waals surface area contributed by atoms with Crippen molar-refractivity contribution in [3.63, 3.8) is 0 Å². The van der Waals surface area contributed by atoms with Crippen LogP contribution in [0.4, 0.5) is 0 Å². The molecule has 1 atom stereocenters. The monoisotopic (exact) mass is 279 g/mol. The molecule has 2 rings (SSSR count). The Bertz CT molecular complexity index is 523. The van der Waals surface area contributed by atoms with E-state index in [4.69, 9.17) is 11.6 Å². The van der Waals surface area contributed by atoms with Gasteiger partial charge in [0, 0.05) is 18.4 Å². The standard InChI is InChI=1S/C13H18ClN5/c1-4-15-11(13-16-6-5-7-17-13)12-10(14)8-18-19(12)9(2)3/h5-9,11,15H,4H2,1-3H3. The lowest BCUT2D eigenvalue weighted by atomic mass is 10.1. The van der Waals surface area contributed by atoms with Crippen molar-refractivity contribution < 1.29 is 0 Å². The van der Waals surface area contributed by atoms with Crippen LogP contribution in [0, 0.1) is 0 Å². The molecule has 0 aromatic carbocycles. The van der Waals surface area contributed by atoms with Crippen LogP contribution >= 0.6 is 11.6 Å². The Balaban J connectivity index is 2.48. The maximum absolute atomic E-state index is 6.29. The van der Waals surface area contributed by atoms with Crippen LogP contribution in [0.15, 0.2) is 24.7 Å². The summed E-state index contributed by atoms with van der Waals surface area (Å²) in [5.41, 5.74) is 0.907. The topological polar surface area (TPSA) is 55.6 Å². The summed E-state index contributed by atoms with van der Waals surface area (Å²) in [5.74, 6) is 0.702. The van der Waals surface area contributed by atoms with Gasteiger partial charge in [-0.1, -0.05) is 18.5 Å². The SMILES string of the molecule is CCNC(c1ncccn1)c1c(Cl)cnn1C(C)C. The van der Waals surface area contributed by atoms with Gasteiger partial charge in [-0.2, -0.15) is 5.10 Å². The second kappa shape index (κ2) is 6.12. The summed E-state index contributed by atoms with van der Waals surface area (Å²) in [4.78, 5) is 8.64. The molecule has 102 valence electrons. The first-order valence-corrected chi connectivity index (χ1v) is 6.76. The number of halogens is 1. The molecular weight excluding hydrogens is 262 g/mol. The third kappa shape index (κ3) is 2.93. The molecule has 0 aliphatic carbocycles. The Kier molecular flexibility index (Phi) is 4.50. The first kappa shape index (κ1) is 14.0. The van der Waals surface area contributed by atoms with Crippen LogP contribution in [-0.4, -0.2) is 26.3 Å². The zero-order chi connectivity index (χ0) is 13.8. The lowest BCUT2D eigenvalue weighted by Gasteiger charge is -2.20. The fourth-order valence-corrected chi connectivity index (χ4v) is 2.25. The minimum absolute atomic E-state index is 0.149. The third-order valence-corrected chi connectivity index (χ3v) is 3.09. The van der Waals surface area contributed by atoms with Crippen LogP contribution in [0.25, 0.3) is 0 Å². The van der Waals surface area contributed by atoms with Crippen molar-refractivity contribution in [3.8, 4) is 0 Å². The summed E-state index contributed by atoms with van der Waals surface area (Å²) < 4.78 is 1.91. The molecule has 0 radical (unpaired) electrons. The van der Waals surface area contributed by atoms with E-state index in [2.05, 4.69) is 34.2 Å². The predicted molar refractivity (Wildman–Crippen MR) is 75.2 cm³/mol. The predicted octanol–water partition coefficient (Wildman–Crippen LogP) is 2.61. The molecule has 2 heterocycles. The second-order valence-electron chi connectivity index (χ2n) is 4.51. The fraction of sp³-hybridized carbons (Fsp3) is 0.462. The molecule has 19 heavy (non-hydrogen) atoms. The van der Waals surface area contributed by atoms with E-state index < -0.39 is 0 Å². The van der Waals surface area contributed by atoms with E-state index in [0.29, 0.717) is 10.8 Å². The van der Waals surface area contributed by atoms with Crippen LogP contribution in [-0.2, 0) is 0 Å². The quantitative estimate of drug-likeness (QED) is 0.914. The molecule has 0 fully saturated rings. The summed E-state index contributed by atoms with van der Waals surface area (Å²) in [7, 11) is 0. The number of hydrogen-bond acceptors (Lipinski definition) is 4. The molecule has 2 aromatic heterocycles. The summed E-state index contributed by atoms with van der Waals surface area (Å²) in [6.07, 6.45) is 5.14. The van der Waals surface area contributed by atoms with E-state index in [0.717, 1.165) is 12.2 Å². The third-order valence-electron chi connectivity index (χ3n) is 2.80. The molecule has 0 aliphatic heterocycles. The highest BCUT2D eigenvalue weighted by molar-refractivity contribution is 6.31. The van der Waals surface area contributed by atoms with Crippen molar-refractivity contribution in [1.82, 2.24) is 25.1 Å². The van der Waals surface area contributed by atoms with Crippen LogP contribution < -0.4 is 5.32 Å². The molecule has 1 unspecified atom stereocenters. The van der Waals surface area contributed by atoms with Gasteiger partial charge in [-0.3, -0.25) is 4.68 Å². The van der Waals surface area contributed by atoms with Gasteiger partial charge in [-0.15, -0.1) is 0 Å². The van der Waals surface area contributed by atoms with Gasteiger partial charge in [0.05, 0.1) is 16.9 Å². The Hall–Kier alpha value is -1.46. The molecule has 0 aliphatic rings. The zero-order valence-electron chi connectivity index (χ0n) is 11.3. The van der Waals surface area contributed by atoms with E-state index in [1.807, 2.05) is 11.6 Å². The van der Waals surface area contributed by atoms with Crippen molar-refractivity contribution in [3.05, 3.63) is 41.2 Å². The Morgan fingerprint density at radius 1 is 1.32 bits per heavy atom. The summed E-state index contributed by atoms with van der Waals surface area (Å²) in [6.45, 7) is 6.98. The van der Waals surface area contributed by atoms with Gasteiger partial charge < -0.3 is 5.32 Å². The summed E-state index contributed by atoms with van der Waals surface area (Å²) in [6, 6.07) is 1.88. The van der Waals surface area contributed by atoms with E-state index in [1.54, 1.807) is 24.7 Å². The highest BCUT2D eigenvalue weighted by atomic mass is 35.5. The number of nitrogens with one attached hydrogen (secondary N) is 1. The van der Waals surface area contributed by atoms with Gasteiger partial charge in [-0.25, -0.2) is 9.97 Å². The van der Waals surface area contributed by atoms with Crippen LogP contribution in [0.3, 0.4) is 0 Å². The van der Waals surface area contributed by atoms with Gasteiger partial charge in [0.25, 0.3) is 0 Å². The van der Waals surface area contributed by atoms with Gasteiger partial charge in [0.1, 0.15) is 6.04 Å². The van der Waals surface area contributed by atoms with Crippen molar-refractivity contribution in [2.45, 2.75) is 32.9 Å². The number of nitrogens with zero attached hydrogens (tertiary/aromatic N) is 4. The molecular formula is C13H18ClN5. The van der Waals surface area contributed by atoms with Crippen molar-refractivity contribution in [2.75, 3.05) is 6.54 Å². The lowest BCUT2D eigenvalue weighted by Crippen LogP contribution is -2.27. The largest absolute Gasteiger partial charge is 0.303 e. The van der Waals surface area contributed by atoms with E-state index in [9.17, 15) is 0 Å². The van der Waals surface area contributed by atoms with Crippen molar-refractivity contribution >= 4 is 11.6 Å². The first-order valence-electron chi connectivity index (χ1n) is 6.38. The number of aromatic nitrogens is 4. The van der Waals surface area contributed by atoms with Crippen molar-refractivity contribution in [2.24, 2.45) is 0 Å². The maximum atomic E-state index is 6.29. The Morgan fingerprint density at radius 2 is 2.00 bits per heavy atom. The molecule has 5 nitrogen and oxygen atoms in total. The van der Waals surface area contributed by atoms with Crippen LogP contribution in [0.2, 0.25) is 5.02 Å². The van der Waals surface area contributed by atoms with Gasteiger partial charge in [0.2, 0.25) is 0 Å². The number of hydrogen-bond donors (Lipinski definition) is 1. The summed E-state index contributed by atoms with van der Waals surface area (Å²) >= 11 is 6.29. The molecule has 6 heteroatoms. The normalized spacial score (nSPS) is 12.9. The molecule has 1 N–H and O–H groups in total. The smallest absolute Gasteiger partial charge is 0.151 e. The minimum atomic E-state index is -0.149. The molecule has 0 saturated heterocycles. The van der Waals surface area contributed by atoms with Crippen molar-refractivity contribution in [1.29, 1.82) is 0 Å². The Labute approximate surface area is 118 Å². The second-order valence-corrected chi connectivity index (χ2v) is 4.92. The van der Waals surface area contributed by atoms with E-state index in [-0.39, 0.29) is 12.1 Å². The average molecular weight is 280 g/mol. The molecule has 0 saturated carbocycles. The zero-order valence-corrected chi connectivity index (χ0v) is 12.1. The van der Waals surface area contributed by atoms with Crippen LogP contribution in [0.5, 0.6) is 0 Å². The van der Waals surface area contributed by atoms with Gasteiger partial charge in [0.15, 0.2) is 5.82 Å². The summed E-state index contributed by atoms with van der Waals surface area (Å²) in [5, 5.41) is 8.33. The molecule has 2 aromatic rings. The highest BCUT2D eigenvalue weighted by Gasteiger charge is 2.24. The van der Waals surface area contributed by atoms with E-state index in [1.165, 1.54) is 0 Å². The first-order chi connectivity index (χ1) is 9.15. The lowest BCUT2D eigenvalue weighted by molar-refractivity contribution is 0.468. The molecule has 0 spiro atoms. The molecule has 0 amide bonds. The highest BCUT2D eigenvalue weighted by Crippen LogP contribution is 2.28. The van der Waals surface area contributed by atoms with Gasteiger partial charge >= 0.3 is 0 Å². The maximum Gasteiger partial charge on any atom is 0.151 e. The molecule has 0 bridgehead atoms. The Morgan fingerprint density at radius 3 is 2.58 bits per heavy atom.